The van der Waals surface area contributed by atoms with Crippen LogP contribution in [-0.2, 0) is 21.2 Å². The molecule has 0 radical (unpaired) electrons. The van der Waals surface area contributed by atoms with Crippen LogP contribution in [0.25, 0.3) is 22.0 Å². The quantitative estimate of drug-likeness (QED) is 0.438. The van der Waals surface area contributed by atoms with Crippen LogP contribution in [0.3, 0.4) is 0 Å². The number of ether oxygens (including phenoxy) is 1. The summed E-state index contributed by atoms with van der Waals surface area (Å²) in [6.07, 6.45) is 1.30. The second kappa shape index (κ2) is 8.47. The molecule has 1 heterocycles. The van der Waals surface area contributed by atoms with Crippen LogP contribution in [0.1, 0.15) is 12.0 Å². The Balaban J connectivity index is 1.96. The third-order valence-corrected chi connectivity index (χ3v) is 6.99. The second-order valence-electron chi connectivity index (χ2n) is 7.21. The van der Waals surface area contributed by atoms with Crippen molar-refractivity contribution in [1.29, 1.82) is 0 Å². The van der Waals surface area contributed by atoms with Crippen molar-refractivity contribution < 1.29 is 27.4 Å². The largest absolute Gasteiger partial charge is 0.497 e. The van der Waals surface area contributed by atoms with E-state index in [0.29, 0.717) is 27.8 Å². The molecule has 0 aliphatic rings. The molecule has 1 aromatic heterocycles. The van der Waals surface area contributed by atoms with Gasteiger partial charge in [-0.1, -0.05) is 42.5 Å². The minimum Gasteiger partial charge on any atom is -0.497 e. The molecule has 4 rings (SSSR count). The van der Waals surface area contributed by atoms with E-state index in [-0.39, 0.29) is 18.4 Å². The molecule has 1 N–H and O–H groups in total. The summed E-state index contributed by atoms with van der Waals surface area (Å²) in [7, 11) is -2.88. The maximum Gasteiger partial charge on any atom is 0.303 e. The number of aryl methyl sites for hydroxylation is 1. The molecule has 0 unspecified atom stereocenters. The first-order chi connectivity index (χ1) is 15.3. The van der Waals surface area contributed by atoms with Gasteiger partial charge < -0.3 is 9.84 Å². The van der Waals surface area contributed by atoms with Crippen LogP contribution in [0.15, 0.2) is 77.8 Å². The zero-order chi connectivity index (χ0) is 22.9. The van der Waals surface area contributed by atoms with Crippen LogP contribution in [0.5, 0.6) is 5.75 Å². The molecule has 0 aliphatic heterocycles. The molecule has 0 fully saturated rings. The number of benzene rings is 3. The van der Waals surface area contributed by atoms with Gasteiger partial charge in [-0.05, 0) is 41.8 Å². The van der Waals surface area contributed by atoms with Gasteiger partial charge in [0.15, 0.2) is 0 Å². The molecule has 0 aliphatic carbocycles. The molecule has 32 heavy (non-hydrogen) atoms. The number of aromatic nitrogens is 1. The number of nitrogens with zero attached hydrogens (tertiary/aromatic N) is 1. The molecular weight excluding hydrogens is 433 g/mol. The number of fused-ring (bicyclic) bond motifs is 1. The first-order valence-electron chi connectivity index (χ1n) is 9.82. The minimum atomic E-state index is -4.36. The summed E-state index contributed by atoms with van der Waals surface area (Å²) in [4.78, 5) is 10.7. The van der Waals surface area contributed by atoms with E-state index < -0.39 is 26.7 Å². The van der Waals surface area contributed by atoms with Crippen LogP contribution < -0.4 is 4.74 Å². The molecule has 0 amide bonds. The highest BCUT2D eigenvalue weighted by Gasteiger charge is 2.28. The maximum absolute atomic E-state index is 15.0. The number of carboxylic acids is 1. The Bertz CT molecular complexity index is 1410. The summed E-state index contributed by atoms with van der Waals surface area (Å²) in [6, 6.07) is 17.7. The lowest BCUT2D eigenvalue weighted by Crippen LogP contribution is -2.15. The van der Waals surface area contributed by atoms with Crippen molar-refractivity contribution in [3.05, 3.63) is 84.3 Å². The van der Waals surface area contributed by atoms with Crippen LogP contribution >= 0.6 is 0 Å². The monoisotopic (exact) mass is 453 g/mol. The van der Waals surface area contributed by atoms with E-state index in [9.17, 15) is 13.2 Å². The highest BCUT2D eigenvalue weighted by Crippen LogP contribution is 2.35. The predicted molar refractivity (Wildman–Crippen MR) is 119 cm³/mol. The van der Waals surface area contributed by atoms with E-state index >= 15 is 4.39 Å². The van der Waals surface area contributed by atoms with Gasteiger partial charge in [0.25, 0.3) is 10.0 Å². The lowest BCUT2D eigenvalue weighted by Gasteiger charge is -2.14. The van der Waals surface area contributed by atoms with E-state index in [1.54, 1.807) is 54.6 Å². The van der Waals surface area contributed by atoms with Crippen LogP contribution in [-0.4, -0.2) is 30.6 Å². The molecule has 0 bridgehead atoms. The molecule has 0 spiro atoms. The van der Waals surface area contributed by atoms with Crippen molar-refractivity contribution in [2.24, 2.45) is 0 Å². The van der Waals surface area contributed by atoms with Gasteiger partial charge in [-0.2, -0.15) is 0 Å². The molecule has 3 aromatic carbocycles. The molecule has 4 aromatic rings. The minimum absolute atomic E-state index is 0.115. The number of methoxy groups -OCH3 is 1. The number of hydrogen-bond donors (Lipinski definition) is 1. The summed E-state index contributed by atoms with van der Waals surface area (Å²) in [6.45, 7) is 0. The van der Waals surface area contributed by atoms with E-state index in [4.69, 9.17) is 9.84 Å². The standard InChI is InChI=1S/C24H20FNO5S/c1-31-18-11-12-22-20(14-18)17(10-13-23(27)28)15-26(22)32(29,30)24-19(8-5-9-21(24)25)16-6-3-2-4-7-16/h2-9,11-12,14-15H,10,13H2,1H3,(H,27,28). The maximum atomic E-state index is 15.0. The Morgan fingerprint density at radius 3 is 2.50 bits per heavy atom. The van der Waals surface area contributed by atoms with Crippen molar-refractivity contribution >= 4 is 26.9 Å². The summed E-state index contributed by atoms with van der Waals surface area (Å²) in [5, 5.41) is 9.63. The van der Waals surface area contributed by atoms with E-state index in [0.717, 1.165) is 10.0 Å². The number of halogens is 1. The van der Waals surface area contributed by atoms with Gasteiger partial charge in [0.2, 0.25) is 0 Å². The van der Waals surface area contributed by atoms with Gasteiger partial charge in [0.1, 0.15) is 16.5 Å². The topological polar surface area (TPSA) is 85.6 Å². The third-order valence-electron chi connectivity index (χ3n) is 5.24. The van der Waals surface area contributed by atoms with E-state index in [2.05, 4.69) is 0 Å². The first-order valence-corrected chi connectivity index (χ1v) is 11.3. The molecule has 0 saturated carbocycles. The lowest BCUT2D eigenvalue weighted by atomic mass is 10.1. The fraction of sp³-hybridized carbons (Fsp3) is 0.125. The highest BCUT2D eigenvalue weighted by atomic mass is 32.2. The van der Waals surface area contributed by atoms with Gasteiger partial charge in [0.05, 0.1) is 12.6 Å². The summed E-state index contributed by atoms with van der Waals surface area (Å²) >= 11 is 0. The smallest absolute Gasteiger partial charge is 0.303 e. The second-order valence-corrected chi connectivity index (χ2v) is 8.97. The predicted octanol–water partition coefficient (Wildman–Crippen LogP) is 4.71. The zero-order valence-electron chi connectivity index (χ0n) is 17.2. The van der Waals surface area contributed by atoms with Gasteiger partial charge in [-0.15, -0.1) is 0 Å². The van der Waals surface area contributed by atoms with Crippen molar-refractivity contribution in [2.75, 3.05) is 7.11 Å². The average molecular weight is 453 g/mol. The van der Waals surface area contributed by atoms with Gasteiger partial charge in [0, 0.05) is 23.6 Å². The van der Waals surface area contributed by atoms with E-state index in [1.807, 2.05) is 0 Å². The Morgan fingerprint density at radius 2 is 1.81 bits per heavy atom. The van der Waals surface area contributed by atoms with Crippen molar-refractivity contribution in [3.63, 3.8) is 0 Å². The molecule has 6 nitrogen and oxygen atoms in total. The number of carboxylic acid groups (broad SMARTS) is 1. The fourth-order valence-corrected chi connectivity index (χ4v) is 5.39. The van der Waals surface area contributed by atoms with Crippen molar-refractivity contribution in [2.45, 2.75) is 17.7 Å². The summed E-state index contributed by atoms with van der Waals surface area (Å²) in [5.41, 5.74) is 1.64. The number of carbonyl (C=O) groups is 1. The van der Waals surface area contributed by atoms with Crippen molar-refractivity contribution in [3.8, 4) is 16.9 Å². The first kappa shape index (κ1) is 21.6. The Labute approximate surface area is 184 Å². The van der Waals surface area contributed by atoms with Gasteiger partial charge >= 0.3 is 5.97 Å². The molecule has 0 saturated heterocycles. The highest BCUT2D eigenvalue weighted by molar-refractivity contribution is 7.90. The molecular formula is C24H20FNO5S. The number of rotatable bonds is 7. The van der Waals surface area contributed by atoms with Crippen molar-refractivity contribution in [1.82, 2.24) is 3.97 Å². The zero-order valence-corrected chi connectivity index (χ0v) is 18.0. The van der Waals surface area contributed by atoms with E-state index in [1.165, 1.54) is 19.4 Å². The molecule has 0 atom stereocenters. The van der Waals surface area contributed by atoms with Crippen LogP contribution in [0.2, 0.25) is 0 Å². The number of aliphatic carboxylic acids is 1. The molecule has 8 heteroatoms. The Kier molecular flexibility index (Phi) is 5.71. The average Bonchev–Trinajstić information content (AvgIpc) is 3.16. The molecule has 164 valence electrons. The van der Waals surface area contributed by atoms with Gasteiger partial charge in [-0.3, -0.25) is 4.79 Å². The summed E-state index contributed by atoms with van der Waals surface area (Å²) in [5.74, 6) is -1.37. The Hall–Kier alpha value is -3.65. The van der Waals surface area contributed by atoms with Gasteiger partial charge in [-0.25, -0.2) is 16.8 Å². The fourth-order valence-electron chi connectivity index (χ4n) is 3.73. The lowest BCUT2D eigenvalue weighted by molar-refractivity contribution is -0.136. The number of hydrogen-bond acceptors (Lipinski definition) is 4. The Morgan fingerprint density at radius 1 is 1.06 bits per heavy atom. The van der Waals surface area contributed by atoms with Crippen LogP contribution in [0, 0.1) is 5.82 Å². The SMILES string of the molecule is COc1ccc2c(c1)c(CCC(=O)O)cn2S(=O)(=O)c1c(F)cccc1-c1ccccc1. The van der Waals surface area contributed by atoms with Crippen LogP contribution in [0.4, 0.5) is 4.39 Å². The third kappa shape index (κ3) is 3.85. The summed E-state index contributed by atoms with van der Waals surface area (Å²) < 4.78 is 48.8. The normalized spacial score (nSPS) is 11.6.